The first-order valence-corrected chi connectivity index (χ1v) is 5.24. The number of nitrogens with one attached hydrogen (secondary N) is 1. The second kappa shape index (κ2) is 4.44. The van der Waals surface area contributed by atoms with Crippen molar-refractivity contribution in [2.45, 2.75) is 31.8 Å². The smallest absolute Gasteiger partial charge is 0.268 e. The van der Waals surface area contributed by atoms with Crippen LogP contribution in [-0.4, -0.2) is 27.5 Å². The molecule has 0 aliphatic heterocycles. The van der Waals surface area contributed by atoms with E-state index in [1.807, 2.05) is 0 Å². The molecule has 1 fully saturated rings. The summed E-state index contributed by atoms with van der Waals surface area (Å²) in [4.78, 5) is 11.5. The summed E-state index contributed by atoms with van der Waals surface area (Å²) in [6, 6.07) is 2.03. The Bertz CT molecular complexity index is 384. The van der Waals surface area contributed by atoms with Gasteiger partial charge in [-0.15, -0.1) is 0 Å². The highest BCUT2D eigenvalue weighted by molar-refractivity contribution is 5.40. The summed E-state index contributed by atoms with van der Waals surface area (Å²) in [5.74, 6) is 0. The molecule has 15 heavy (non-hydrogen) atoms. The molecule has 0 spiro atoms. The van der Waals surface area contributed by atoms with E-state index in [-0.39, 0.29) is 18.7 Å². The second-order valence-electron chi connectivity index (χ2n) is 3.80. The van der Waals surface area contributed by atoms with Gasteiger partial charge in [-0.05, 0) is 19.3 Å². The van der Waals surface area contributed by atoms with Crippen LogP contribution in [0.4, 0.5) is 5.69 Å². The van der Waals surface area contributed by atoms with E-state index in [0.717, 1.165) is 5.69 Å². The predicted octanol–water partition coefficient (Wildman–Crippen LogP) is 0.200. The lowest BCUT2D eigenvalue weighted by Gasteiger charge is -2.27. The van der Waals surface area contributed by atoms with E-state index in [9.17, 15) is 4.79 Å². The van der Waals surface area contributed by atoms with Crippen molar-refractivity contribution in [3.8, 4) is 0 Å². The monoisotopic (exact) mass is 209 g/mol. The average molecular weight is 209 g/mol. The highest BCUT2D eigenvalue weighted by Crippen LogP contribution is 2.21. The molecule has 0 aromatic carbocycles. The van der Waals surface area contributed by atoms with Crippen molar-refractivity contribution >= 4 is 5.69 Å². The molecule has 5 nitrogen and oxygen atoms in total. The number of aliphatic hydroxyl groups is 1. The molecule has 2 N–H and O–H groups in total. The van der Waals surface area contributed by atoms with Gasteiger partial charge in [0.1, 0.15) is 0 Å². The maximum Gasteiger partial charge on any atom is 0.268 e. The van der Waals surface area contributed by atoms with E-state index in [4.69, 9.17) is 5.11 Å². The molecule has 1 aromatic heterocycles. The summed E-state index contributed by atoms with van der Waals surface area (Å²) < 4.78 is 1.26. The molecule has 5 heteroatoms. The lowest BCUT2D eigenvalue weighted by atomic mass is 9.93. The molecule has 1 saturated carbocycles. The number of hydrogen-bond acceptors (Lipinski definition) is 4. The maximum atomic E-state index is 11.5. The van der Waals surface area contributed by atoms with Crippen molar-refractivity contribution in [3.05, 3.63) is 22.6 Å². The number of anilines is 1. The summed E-state index contributed by atoms with van der Waals surface area (Å²) >= 11 is 0. The lowest BCUT2D eigenvalue weighted by Crippen LogP contribution is -2.29. The molecule has 0 atom stereocenters. The molecule has 82 valence electrons. The van der Waals surface area contributed by atoms with Crippen LogP contribution in [0.15, 0.2) is 17.1 Å². The minimum Gasteiger partial charge on any atom is -0.394 e. The van der Waals surface area contributed by atoms with Crippen LogP contribution in [0.5, 0.6) is 0 Å². The zero-order valence-electron chi connectivity index (χ0n) is 8.52. The number of aromatic nitrogens is 2. The third-order valence-electron chi connectivity index (χ3n) is 2.66. The minimum atomic E-state index is -0.173. The summed E-state index contributed by atoms with van der Waals surface area (Å²) in [6.07, 6.45) is 5.22. The van der Waals surface area contributed by atoms with Gasteiger partial charge >= 0.3 is 0 Å². The van der Waals surface area contributed by atoms with Crippen LogP contribution >= 0.6 is 0 Å². The second-order valence-corrected chi connectivity index (χ2v) is 3.80. The third-order valence-corrected chi connectivity index (χ3v) is 2.66. The van der Waals surface area contributed by atoms with Gasteiger partial charge in [0.05, 0.1) is 25.0 Å². The Morgan fingerprint density at radius 1 is 1.60 bits per heavy atom. The molecular formula is C10H15N3O2. The minimum absolute atomic E-state index is 0.0672. The Kier molecular flexibility index (Phi) is 3.01. The zero-order chi connectivity index (χ0) is 10.7. The van der Waals surface area contributed by atoms with Crippen LogP contribution in [0.2, 0.25) is 0 Å². The molecule has 0 unspecified atom stereocenters. The van der Waals surface area contributed by atoms with E-state index < -0.39 is 0 Å². The first kappa shape index (κ1) is 10.2. The highest BCUT2D eigenvalue weighted by Gasteiger charge is 2.16. The van der Waals surface area contributed by atoms with Gasteiger partial charge in [0.25, 0.3) is 5.56 Å². The molecule has 1 aliphatic rings. The van der Waals surface area contributed by atoms with Crippen molar-refractivity contribution in [2.75, 3.05) is 11.9 Å². The van der Waals surface area contributed by atoms with Crippen LogP contribution in [0, 0.1) is 0 Å². The molecule has 1 aromatic rings. The molecule has 0 bridgehead atoms. The Hall–Kier alpha value is -1.36. The first-order valence-electron chi connectivity index (χ1n) is 5.24. The number of nitrogens with zero attached hydrogens (tertiary/aromatic N) is 2. The zero-order valence-corrected chi connectivity index (χ0v) is 8.52. The fourth-order valence-electron chi connectivity index (χ4n) is 1.56. The molecule has 1 heterocycles. The van der Waals surface area contributed by atoms with Crippen molar-refractivity contribution in [3.63, 3.8) is 0 Å². The molecule has 1 aliphatic carbocycles. The van der Waals surface area contributed by atoms with Gasteiger partial charge in [0, 0.05) is 12.1 Å². The van der Waals surface area contributed by atoms with Gasteiger partial charge in [-0.25, -0.2) is 4.68 Å². The van der Waals surface area contributed by atoms with Crippen LogP contribution < -0.4 is 10.9 Å². The van der Waals surface area contributed by atoms with Crippen LogP contribution in [-0.2, 0) is 6.54 Å². The van der Waals surface area contributed by atoms with E-state index in [2.05, 4.69) is 10.4 Å². The Morgan fingerprint density at radius 3 is 2.93 bits per heavy atom. The van der Waals surface area contributed by atoms with Crippen molar-refractivity contribution in [2.24, 2.45) is 0 Å². The first-order chi connectivity index (χ1) is 7.29. The predicted molar refractivity (Wildman–Crippen MR) is 56.8 cm³/mol. The summed E-state index contributed by atoms with van der Waals surface area (Å²) in [6.45, 7) is 0.185. The molecule has 2 rings (SSSR count). The quantitative estimate of drug-likeness (QED) is 0.743. The Morgan fingerprint density at radius 2 is 2.40 bits per heavy atom. The van der Waals surface area contributed by atoms with Gasteiger partial charge in [0.2, 0.25) is 0 Å². The normalized spacial score (nSPS) is 16.1. The topological polar surface area (TPSA) is 67.2 Å². The molecule has 0 saturated heterocycles. The summed E-state index contributed by atoms with van der Waals surface area (Å²) in [5.41, 5.74) is 0.604. The van der Waals surface area contributed by atoms with Gasteiger partial charge in [-0.2, -0.15) is 5.10 Å². The van der Waals surface area contributed by atoms with E-state index in [0.29, 0.717) is 6.04 Å². The van der Waals surface area contributed by atoms with Crippen LogP contribution in [0.3, 0.4) is 0 Å². The maximum absolute atomic E-state index is 11.5. The standard InChI is InChI=1S/C10H15N3O2/c14-5-4-13-10(15)6-9(7-11-13)12-8-2-1-3-8/h6-8,12,14H,1-5H2. The van der Waals surface area contributed by atoms with E-state index in [1.54, 1.807) is 6.20 Å². The average Bonchev–Trinajstić information content (AvgIpc) is 2.16. The Balaban J connectivity index is 2.06. The molecule has 0 radical (unpaired) electrons. The number of hydrogen-bond donors (Lipinski definition) is 2. The Labute approximate surface area is 87.7 Å². The van der Waals surface area contributed by atoms with Crippen molar-refractivity contribution < 1.29 is 5.11 Å². The SMILES string of the molecule is O=c1cc(NC2CCC2)cnn1CCO. The molecular weight excluding hydrogens is 194 g/mol. The summed E-state index contributed by atoms with van der Waals surface area (Å²) in [5, 5.41) is 15.9. The van der Waals surface area contributed by atoms with Gasteiger partial charge in [-0.1, -0.05) is 0 Å². The van der Waals surface area contributed by atoms with Gasteiger partial charge in [-0.3, -0.25) is 4.79 Å². The fourth-order valence-corrected chi connectivity index (χ4v) is 1.56. The lowest BCUT2D eigenvalue weighted by molar-refractivity contribution is 0.266. The van der Waals surface area contributed by atoms with E-state index >= 15 is 0 Å². The molecule has 0 amide bonds. The third kappa shape index (κ3) is 2.36. The van der Waals surface area contributed by atoms with Crippen molar-refractivity contribution in [1.29, 1.82) is 0 Å². The van der Waals surface area contributed by atoms with Gasteiger partial charge in [0.15, 0.2) is 0 Å². The fraction of sp³-hybridized carbons (Fsp3) is 0.600. The van der Waals surface area contributed by atoms with Crippen molar-refractivity contribution in [1.82, 2.24) is 9.78 Å². The largest absolute Gasteiger partial charge is 0.394 e. The van der Waals surface area contributed by atoms with E-state index in [1.165, 1.54) is 30.0 Å². The van der Waals surface area contributed by atoms with Crippen LogP contribution in [0.1, 0.15) is 19.3 Å². The summed E-state index contributed by atoms with van der Waals surface area (Å²) in [7, 11) is 0. The highest BCUT2D eigenvalue weighted by atomic mass is 16.3. The van der Waals surface area contributed by atoms with Gasteiger partial charge < -0.3 is 10.4 Å². The number of aliphatic hydroxyl groups excluding tert-OH is 1. The number of rotatable bonds is 4. The van der Waals surface area contributed by atoms with Crippen LogP contribution in [0.25, 0.3) is 0 Å².